The van der Waals surface area contributed by atoms with Crippen molar-refractivity contribution in [1.29, 1.82) is 0 Å². The van der Waals surface area contributed by atoms with Crippen LogP contribution in [0.25, 0.3) is 21.5 Å². The van der Waals surface area contributed by atoms with E-state index in [0.29, 0.717) is 5.92 Å². The maximum absolute atomic E-state index is 4.64. The summed E-state index contributed by atoms with van der Waals surface area (Å²) in [7, 11) is 0. The van der Waals surface area contributed by atoms with Crippen LogP contribution in [0.5, 0.6) is 0 Å². The largest absolute Gasteiger partial charge is 0.261 e. The van der Waals surface area contributed by atoms with E-state index in [1.807, 2.05) is 6.20 Å². The lowest BCUT2D eigenvalue weighted by atomic mass is 9.79. The summed E-state index contributed by atoms with van der Waals surface area (Å²) in [6, 6.07) is 22.3. The molecule has 0 N–H and O–H groups in total. The fraction of sp³-hybridized carbons (Fsp3) is 0.208. The van der Waals surface area contributed by atoms with Crippen LogP contribution in [0, 0.1) is 6.92 Å². The predicted octanol–water partition coefficient (Wildman–Crippen LogP) is 5.97. The molecule has 0 bridgehead atoms. The van der Waals surface area contributed by atoms with Gasteiger partial charge in [-0.3, -0.25) is 4.98 Å². The van der Waals surface area contributed by atoms with Crippen LogP contribution >= 0.6 is 0 Å². The van der Waals surface area contributed by atoms with Gasteiger partial charge in [-0.25, -0.2) is 0 Å². The molecule has 0 spiro atoms. The molecule has 5 rings (SSSR count). The van der Waals surface area contributed by atoms with Crippen LogP contribution in [-0.2, 0) is 12.8 Å². The molecule has 1 aromatic heterocycles. The molecule has 0 amide bonds. The van der Waals surface area contributed by atoms with Crippen molar-refractivity contribution in [2.45, 2.75) is 32.1 Å². The molecule has 0 radical (unpaired) electrons. The fourth-order valence-electron chi connectivity index (χ4n) is 4.40. The number of nitrogens with zero attached hydrogens (tertiary/aromatic N) is 1. The number of fused-ring (bicyclic) bond motifs is 5. The van der Waals surface area contributed by atoms with E-state index in [2.05, 4.69) is 72.6 Å². The molecule has 1 unspecified atom stereocenters. The molecule has 3 aromatic carbocycles. The minimum absolute atomic E-state index is 0.547. The van der Waals surface area contributed by atoms with Crippen LogP contribution in [0.3, 0.4) is 0 Å². The standard InChI is InChI=1S/C24H21N/c1-16-12-13-25-24(14-16)19-8-9-21-18(15-19)7-11-22-20-5-3-2-4-17(20)6-10-23(21)22/h2-7,10-14,19H,8-9,15H2,1H3. The average Bonchev–Trinajstić information content (AvgIpc) is 2.67. The molecule has 0 saturated heterocycles. The zero-order valence-corrected chi connectivity index (χ0v) is 14.5. The summed E-state index contributed by atoms with van der Waals surface area (Å²) >= 11 is 0. The van der Waals surface area contributed by atoms with Gasteiger partial charge in [0.25, 0.3) is 0 Å². The van der Waals surface area contributed by atoms with Gasteiger partial charge >= 0.3 is 0 Å². The highest BCUT2D eigenvalue weighted by Crippen LogP contribution is 2.37. The van der Waals surface area contributed by atoms with Crippen molar-refractivity contribution in [2.75, 3.05) is 0 Å². The highest BCUT2D eigenvalue weighted by Gasteiger charge is 2.22. The number of pyridine rings is 1. The third kappa shape index (κ3) is 2.42. The Morgan fingerprint density at radius 1 is 0.880 bits per heavy atom. The first-order chi connectivity index (χ1) is 12.3. The van der Waals surface area contributed by atoms with Crippen molar-refractivity contribution in [3.63, 3.8) is 0 Å². The third-order valence-electron chi connectivity index (χ3n) is 5.70. The minimum Gasteiger partial charge on any atom is -0.261 e. The molecular formula is C24H21N. The molecule has 0 aliphatic heterocycles. The van der Waals surface area contributed by atoms with E-state index < -0.39 is 0 Å². The van der Waals surface area contributed by atoms with Crippen molar-refractivity contribution in [3.8, 4) is 0 Å². The monoisotopic (exact) mass is 323 g/mol. The van der Waals surface area contributed by atoms with Gasteiger partial charge in [-0.15, -0.1) is 0 Å². The molecule has 1 nitrogen and oxygen atoms in total. The summed E-state index contributed by atoms with van der Waals surface area (Å²) in [4.78, 5) is 4.64. The van der Waals surface area contributed by atoms with Gasteiger partial charge < -0.3 is 0 Å². The molecule has 1 heterocycles. The van der Waals surface area contributed by atoms with Gasteiger partial charge in [0, 0.05) is 17.8 Å². The van der Waals surface area contributed by atoms with Gasteiger partial charge in [-0.05, 0) is 76.6 Å². The van der Waals surface area contributed by atoms with Gasteiger partial charge in [-0.2, -0.15) is 0 Å². The molecule has 1 aliphatic carbocycles. The Morgan fingerprint density at radius 2 is 1.76 bits per heavy atom. The van der Waals surface area contributed by atoms with Crippen LogP contribution in [0.4, 0.5) is 0 Å². The van der Waals surface area contributed by atoms with E-state index in [-0.39, 0.29) is 0 Å². The zero-order valence-electron chi connectivity index (χ0n) is 14.5. The zero-order chi connectivity index (χ0) is 16.8. The van der Waals surface area contributed by atoms with Crippen molar-refractivity contribution in [3.05, 3.63) is 89.2 Å². The van der Waals surface area contributed by atoms with Crippen LogP contribution < -0.4 is 0 Å². The van der Waals surface area contributed by atoms with E-state index >= 15 is 0 Å². The summed E-state index contributed by atoms with van der Waals surface area (Å²) < 4.78 is 0. The molecule has 1 aliphatic rings. The van der Waals surface area contributed by atoms with E-state index in [9.17, 15) is 0 Å². The van der Waals surface area contributed by atoms with E-state index in [0.717, 1.165) is 12.8 Å². The molecule has 1 heteroatoms. The van der Waals surface area contributed by atoms with Gasteiger partial charge in [0.2, 0.25) is 0 Å². The Labute approximate surface area is 148 Å². The number of benzene rings is 3. The van der Waals surface area contributed by atoms with Crippen LogP contribution in [-0.4, -0.2) is 4.98 Å². The average molecular weight is 323 g/mol. The second kappa shape index (κ2) is 5.70. The smallest absolute Gasteiger partial charge is 0.0440 e. The minimum atomic E-state index is 0.547. The van der Waals surface area contributed by atoms with Crippen LogP contribution in [0.1, 0.15) is 34.7 Å². The topological polar surface area (TPSA) is 12.9 Å². The normalized spacial score (nSPS) is 16.9. The molecular weight excluding hydrogens is 302 g/mol. The van der Waals surface area contributed by atoms with Crippen molar-refractivity contribution < 1.29 is 0 Å². The van der Waals surface area contributed by atoms with Gasteiger partial charge in [0.1, 0.15) is 0 Å². The van der Waals surface area contributed by atoms with E-state index in [1.165, 1.54) is 44.8 Å². The third-order valence-corrected chi connectivity index (χ3v) is 5.70. The first-order valence-electron chi connectivity index (χ1n) is 9.14. The summed E-state index contributed by atoms with van der Waals surface area (Å²) in [5.74, 6) is 0.547. The first kappa shape index (κ1) is 14.7. The Hall–Kier alpha value is -2.67. The molecule has 1 atom stereocenters. The summed E-state index contributed by atoms with van der Waals surface area (Å²) in [5, 5.41) is 5.52. The second-order valence-corrected chi connectivity index (χ2v) is 7.28. The lowest BCUT2D eigenvalue weighted by Crippen LogP contribution is -2.14. The Morgan fingerprint density at radius 3 is 2.68 bits per heavy atom. The number of aryl methyl sites for hydroxylation is 2. The highest BCUT2D eigenvalue weighted by atomic mass is 14.7. The quantitative estimate of drug-likeness (QED) is 0.393. The summed E-state index contributed by atoms with van der Waals surface area (Å²) in [6.07, 6.45) is 5.39. The highest BCUT2D eigenvalue weighted by molar-refractivity contribution is 6.08. The van der Waals surface area contributed by atoms with Crippen molar-refractivity contribution >= 4 is 21.5 Å². The Balaban J connectivity index is 1.61. The lowest BCUT2D eigenvalue weighted by molar-refractivity contribution is 0.573. The SMILES string of the molecule is Cc1ccnc(C2CCc3c(ccc4c3ccc3ccccc34)C2)c1. The predicted molar refractivity (Wildman–Crippen MR) is 105 cm³/mol. The number of aromatic nitrogens is 1. The van der Waals surface area contributed by atoms with Gasteiger partial charge in [0.15, 0.2) is 0 Å². The fourth-order valence-corrected chi connectivity index (χ4v) is 4.40. The second-order valence-electron chi connectivity index (χ2n) is 7.28. The van der Waals surface area contributed by atoms with Crippen LogP contribution in [0.2, 0.25) is 0 Å². The van der Waals surface area contributed by atoms with E-state index in [1.54, 1.807) is 5.56 Å². The number of rotatable bonds is 1. The maximum Gasteiger partial charge on any atom is 0.0440 e. The van der Waals surface area contributed by atoms with Gasteiger partial charge in [0.05, 0.1) is 0 Å². The molecule has 122 valence electrons. The molecule has 4 aromatic rings. The Bertz CT molecular complexity index is 1090. The summed E-state index contributed by atoms with van der Waals surface area (Å²) in [6.45, 7) is 2.15. The van der Waals surface area contributed by atoms with Crippen LogP contribution in [0.15, 0.2) is 66.9 Å². The number of hydrogen-bond acceptors (Lipinski definition) is 1. The van der Waals surface area contributed by atoms with E-state index in [4.69, 9.17) is 0 Å². The molecule has 0 fully saturated rings. The molecule has 25 heavy (non-hydrogen) atoms. The first-order valence-corrected chi connectivity index (χ1v) is 9.14. The Kier molecular flexibility index (Phi) is 3.34. The molecule has 0 saturated carbocycles. The van der Waals surface area contributed by atoms with Crippen molar-refractivity contribution in [2.24, 2.45) is 0 Å². The maximum atomic E-state index is 4.64. The summed E-state index contributed by atoms with van der Waals surface area (Å²) in [5.41, 5.74) is 5.61. The number of hydrogen-bond donors (Lipinski definition) is 0. The van der Waals surface area contributed by atoms with Crippen molar-refractivity contribution in [1.82, 2.24) is 4.98 Å². The lowest BCUT2D eigenvalue weighted by Gasteiger charge is -2.26. The van der Waals surface area contributed by atoms with Gasteiger partial charge in [-0.1, -0.05) is 48.5 Å².